The summed E-state index contributed by atoms with van der Waals surface area (Å²) in [5.41, 5.74) is 2.49. The largest absolute Gasteiger partial charge is 0.255 e. The van der Waals surface area contributed by atoms with Crippen molar-refractivity contribution in [3.63, 3.8) is 0 Å². The maximum Gasteiger partial charge on any atom is 0.199 e. The predicted molar refractivity (Wildman–Crippen MR) is 110 cm³/mol. The molecule has 4 aromatic rings. The number of fused-ring (bicyclic) bond motifs is 1. The third kappa shape index (κ3) is 3.52. The highest BCUT2D eigenvalue weighted by atomic mass is 32.2. The SMILES string of the molecule is O=S(=O)(/C=C/c1c(-c2ccccc2)ncc2ccccc12)c1ccccc1. The standard InChI is InChI=1S/C23H17NO2S/c25-27(26,20-12-5-2-6-13-20)16-15-22-21-14-8-7-11-19(21)17-24-23(22)18-9-3-1-4-10-18/h1-17H/b16-15+. The van der Waals surface area contributed by atoms with Crippen molar-refractivity contribution in [2.24, 2.45) is 0 Å². The van der Waals surface area contributed by atoms with Crippen molar-refractivity contribution < 1.29 is 8.42 Å². The van der Waals surface area contributed by atoms with Crippen LogP contribution in [-0.2, 0) is 9.84 Å². The van der Waals surface area contributed by atoms with Crippen molar-refractivity contribution in [1.82, 2.24) is 4.98 Å². The van der Waals surface area contributed by atoms with E-state index in [4.69, 9.17) is 0 Å². The summed E-state index contributed by atoms with van der Waals surface area (Å²) in [6.07, 6.45) is 3.47. The molecule has 0 fully saturated rings. The van der Waals surface area contributed by atoms with Crippen molar-refractivity contribution in [2.45, 2.75) is 4.90 Å². The Labute approximate surface area is 158 Å². The molecule has 0 saturated heterocycles. The van der Waals surface area contributed by atoms with Gasteiger partial charge in [-0.1, -0.05) is 72.8 Å². The lowest BCUT2D eigenvalue weighted by Gasteiger charge is -2.09. The quantitative estimate of drug-likeness (QED) is 0.486. The van der Waals surface area contributed by atoms with Gasteiger partial charge in [-0.2, -0.15) is 0 Å². The number of pyridine rings is 1. The lowest BCUT2D eigenvalue weighted by molar-refractivity contribution is 0.605. The van der Waals surface area contributed by atoms with Crippen LogP contribution < -0.4 is 0 Å². The number of hydrogen-bond donors (Lipinski definition) is 0. The average molecular weight is 371 g/mol. The smallest absolute Gasteiger partial charge is 0.199 e. The summed E-state index contributed by atoms with van der Waals surface area (Å²) in [7, 11) is -3.53. The van der Waals surface area contributed by atoms with Crippen LogP contribution in [0.1, 0.15) is 5.56 Å². The van der Waals surface area contributed by atoms with Gasteiger partial charge >= 0.3 is 0 Å². The summed E-state index contributed by atoms with van der Waals surface area (Å²) in [6, 6.07) is 26.0. The fourth-order valence-electron chi connectivity index (χ4n) is 3.03. The molecule has 4 rings (SSSR count). The van der Waals surface area contributed by atoms with Crippen molar-refractivity contribution in [3.8, 4) is 11.3 Å². The van der Waals surface area contributed by atoms with E-state index in [1.54, 1.807) is 36.4 Å². The van der Waals surface area contributed by atoms with Gasteiger partial charge in [0.05, 0.1) is 10.6 Å². The van der Waals surface area contributed by atoms with Gasteiger partial charge in [-0.25, -0.2) is 8.42 Å². The third-order valence-electron chi connectivity index (χ3n) is 4.37. The molecular formula is C23H17NO2S. The van der Waals surface area contributed by atoms with Gasteiger partial charge in [-0.15, -0.1) is 0 Å². The van der Waals surface area contributed by atoms with Gasteiger partial charge in [0.2, 0.25) is 0 Å². The van der Waals surface area contributed by atoms with Crippen LogP contribution in [-0.4, -0.2) is 13.4 Å². The Morgan fingerprint density at radius 2 is 1.37 bits per heavy atom. The van der Waals surface area contributed by atoms with Crippen LogP contribution in [0, 0.1) is 0 Å². The van der Waals surface area contributed by atoms with Crippen LogP contribution in [0.2, 0.25) is 0 Å². The number of aromatic nitrogens is 1. The van der Waals surface area contributed by atoms with E-state index in [2.05, 4.69) is 4.98 Å². The lowest BCUT2D eigenvalue weighted by Crippen LogP contribution is -1.96. The molecule has 0 atom stereocenters. The van der Waals surface area contributed by atoms with Gasteiger partial charge in [0.1, 0.15) is 0 Å². The molecular weight excluding hydrogens is 354 g/mol. The molecule has 0 aliphatic rings. The number of rotatable bonds is 4. The summed E-state index contributed by atoms with van der Waals surface area (Å²) in [5, 5.41) is 3.19. The second-order valence-electron chi connectivity index (χ2n) is 6.13. The minimum absolute atomic E-state index is 0.274. The van der Waals surface area contributed by atoms with Gasteiger partial charge in [-0.05, 0) is 23.6 Å². The lowest BCUT2D eigenvalue weighted by atomic mass is 10.00. The first-order valence-electron chi connectivity index (χ1n) is 8.56. The minimum atomic E-state index is -3.53. The van der Waals surface area contributed by atoms with Gasteiger partial charge in [0.15, 0.2) is 9.84 Å². The van der Waals surface area contributed by atoms with Crippen molar-refractivity contribution >= 4 is 26.7 Å². The highest BCUT2D eigenvalue weighted by molar-refractivity contribution is 7.94. The van der Waals surface area contributed by atoms with E-state index >= 15 is 0 Å². The highest BCUT2D eigenvalue weighted by Gasteiger charge is 2.12. The molecule has 1 heterocycles. The zero-order valence-corrected chi connectivity index (χ0v) is 15.3. The Morgan fingerprint density at radius 1 is 0.741 bits per heavy atom. The monoisotopic (exact) mass is 371 g/mol. The molecule has 0 saturated carbocycles. The molecule has 0 aliphatic carbocycles. The zero-order valence-electron chi connectivity index (χ0n) is 14.5. The van der Waals surface area contributed by atoms with E-state index < -0.39 is 9.84 Å². The van der Waals surface area contributed by atoms with Crippen molar-refractivity contribution in [2.75, 3.05) is 0 Å². The maximum absolute atomic E-state index is 12.7. The summed E-state index contributed by atoms with van der Waals surface area (Å²) in [5.74, 6) is 0. The van der Waals surface area contributed by atoms with Crippen molar-refractivity contribution in [3.05, 3.63) is 102 Å². The van der Waals surface area contributed by atoms with E-state index in [0.29, 0.717) is 0 Å². The average Bonchev–Trinajstić information content (AvgIpc) is 2.73. The Balaban J connectivity index is 1.90. The first-order valence-corrected chi connectivity index (χ1v) is 10.1. The van der Waals surface area contributed by atoms with E-state index in [1.807, 2.05) is 60.8 Å². The van der Waals surface area contributed by atoms with Crippen LogP contribution in [0.4, 0.5) is 0 Å². The molecule has 3 aromatic carbocycles. The van der Waals surface area contributed by atoms with E-state index in [-0.39, 0.29) is 4.90 Å². The fraction of sp³-hybridized carbons (Fsp3) is 0. The Hall–Kier alpha value is -3.24. The third-order valence-corrected chi connectivity index (χ3v) is 5.80. The van der Waals surface area contributed by atoms with Crippen LogP contribution in [0.15, 0.2) is 101 Å². The van der Waals surface area contributed by atoms with Gasteiger partial charge in [0, 0.05) is 28.1 Å². The normalized spacial score (nSPS) is 11.9. The van der Waals surface area contributed by atoms with Crippen molar-refractivity contribution in [1.29, 1.82) is 0 Å². The maximum atomic E-state index is 12.7. The fourth-order valence-corrected chi connectivity index (χ4v) is 4.04. The topological polar surface area (TPSA) is 47.0 Å². The number of nitrogens with zero attached hydrogens (tertiary/aromatic N) is 1. The number of benzene rings is 3. The predicted octanol–water partition coefficient (Wildman–Crippen LogP) is 5.35. The summed E-state index contributed by atoms with van der Waals surface area (Å²) >= 11 is 0. The molecule has 0 radical (unpaired) electrons. The number of hydrogen-bond acceptors (Lipinski definition) is 3. The molecule has 4 heteroatoms. The molecule has 0 unspecified atom stereocenters. The molecule has 0 N–H and O–H groups in total. The second kappa shape index (κ2) is 7.17. The summed E-state index contributed by atoms with van der Waals surface area (Å²) in [6.45, 7) is 0. The van der Waals surface area contributed by atoms with Crippen LogP contribution in [0.25, 0.3) is 28.1 Å². The molecule has 0 spiro atoms. The minimum Gasteiger partial charge on any atom is -0.255 e. The molecule has 0 bridgehead atoms. The second-order valence-corrected chi connectivity index (χ2v) is 7.97. The summed E-state index contributed by atoms with van der Waals surface area (Å²) in [4.78, 5) is 4.88. The Kier molecular flexibility index (Phi) is 4.57. The van der Waals surface area contributed by atoms with E-state index in [1.165, 1.54) is 5.41 Å². The van der Waals surface area contributed by atoms with Crippen LogP contribution in [0.3, 0.4) is 0 Å². The van der Waals surface area contributed by atoms with Gasteiger partial charge < -0.3 is 0 Å². The number of sulfone groups is 1. The van der Waals surface area contributed by atoms with Gasteiger partial charge in [0.25, 0.3) is 0 Å². The Morgan fingerprint density at radius 3 is 2.11 bits per heavy atom. The van der Waals surface area contributed by atoms with E-state index in [0.717, 1.165) is 27.6 Å². The highest BCUT2D eigenvalue weighted by Crippen LogP contribution is 2.29. The first-order chi connectivity index (χ1) is 13.1. The Bertz CT molecular complexity index is 1220. The van der Waals surface area contributed by atoms with Crippen LogP contribution >= 0.6 is 0 Å². The van der Waals surface area contributed by atoms with E-state index in [9.17, 15) is 8.42 Å². The van der Waals surface area contributed by atoms with Crippen LogP contribution in [0.5, 0.6) is 0 Å². The zero-order chi connectivity index (χ0) is 18.7. The molecule has 1 aromatic heterocycles. The molecule has 27 heavy (non-hydrogen) atoms. The first kappa shape index (κ1) is 17.2. The summed E-state index contributed by atoms with van der Waals surface area (Å²) < 4.78 is 25.4. The van der Waals surface area contributed by atoms with Gasteiger partial charge in [-0.3, -0.25) is 4.98 Å². The molecule has 132 valence electrons. The molecule has 0 aliphatic heterocycles. The molecule has 0 amide bonds. The molecule has 3 nitrogen and oxygen atoms in total.